The minimum absolute atomic E-state index is 0.000543. The maximum atomic E-state index is 16.0. The van der Waals surface area contributed by atoms with E-state index in [-0.39, 0.29) is 53.7 Å². The third-order valence-electron chi connectivity index (χ3n) is 9.56. The molecule has 0 bridgehead atoms. The lowest BCUT2D eigenvalue weighted by atomic mass is 9.57. The Bertz CT molecular complexity index is 1890. The Labute approximate surface area is 275 Å². The van der Waals surface area contributed by atoms with Crippen molar-refractivity contribution in [1.29, 1.82) is 0 Å². The van der Waals surface area contributed by atoms with Gasteiger partial charge in [-0.1, -0.05) is 6.58 Å². The van der Waals surface area contributed by atoms with Crippen molar-refractivity contribution in [1.82, 2.24) is 24.6 Å². The second-order valence-corrected chi connectivity index (χ2v) is 13.7. The summed E-state index contributed by atoms with van der Waals surface area (Å²) in [5.74, 6) is -1.66. The van der Waals surface area contributed by atoms with Gasteiger partial charge >= 0.3 is 0 Å². The zero-order valence-corrected chi connectivity index (χ0v) is 27.3. The Morgan fingerprint density at radius 1 is 1.17 bits per heavy atom. The van der Waals surface area contributed by atoms with Gasteiger partial charge in [0, 0.05) is 60.4 Å². The minimum atomic E-state index is -0.822. The van der Waals surface area contributed by atoms with E-state index < -0.39 is 11.6 Å². The lowest BCUT2D eigenvalue weighted by molar-refractivity contribution is -0.137. The topological polar surface area (TPSA) is 102 Å². The summed E-state index contributed by atoms with van der Waals surface area (Å²) in [5, 5.41) is 10.4. The standard InChI is InChI=1S/C34H36F2N6O4S/c1-5-27(43)41-7-8-42-25(19(41)2)14-24(39-42)30-29(28-23(36)12-21(35)13-26(28)46-10-9-45-4)31-22(6-11-47-31)32(37-30)38-33(44)20-15-34(16-20)17-40(3)18-34/h5-6,11-14,19-20H,1,7-10,15-18H2,2-4H3,(H,37,38,44)/t19-/m1/s1. The van der Waals surface area contributed by atoms with Crippen LogP contribution in [0, 0.1) is 23.0 Å². The fourth-order valence-electron chi connectivity index (χ4n) is 7.46. The summed E-state index contributed by atoms with van der Waals surface area (Å²) in [5.41, 5.74) is 2.13. The summed E-state index contributed by atoms with van der Waals surface area (Å²) in [6.45, 7) is 8.70. The molecule has 1 spiro atoms. The molecule has 4 aromatic rings. The monoisotopic (exact) mass is 662 g/mol. The van der Waals surface area contributed by atoms with Crippen molar-refractivity contribution in [2.24, 2.45) is 11.3 Å². The first-order valence-corrected chi connectivity index (χ1v) is 16.5. The molecule has 2 fully saturated rings. The molecule has 3 aromatic heterocycles. The number of nitrogens with one attached hydrogen (secondary N) is 1. The van der Waals surface area contributed by atoms with Gasteiger partial charge in [-0.15, -0.1) is 11.3 Å². The van der Waals surface area contributed by atoms with Crippen LogP contribution in [0.3, 0.4) is 0 Å². The van der Waals surface area contributed by atoms with Crippen molar-refractivity contribution in [3.63, 3.8) is 0 Å². The van der Waals surface area contributed by atoms with Crippen molar-refractivity contribution in [3.8, 4) is 28.3 Å². The van der Waals surface area contributed by atoms with Gasteiger partial charge in [-0.05, 0) is 55.8 Å². The molecule has 5 heterocycles. The lowest BCUT2D eigenvalue weighted by Gasteiger charge is -2.57. The van der Waals surface area contributed by atoms with Crippen molar-refractivity contribution >= 4 is 39.1 Å². The number of ether oxygens (including phenoxy) is 2. The molecule has 47 heavy (non-hydrogen) atoms. The highest BCUT2D eigenvalue weighted by atomic mass is 32.1. The second kappa shape index (κ2) is 12.1. The molecule has 7 rings (SSSR count). The van der Waals surface area contributed by atoms with E-state index in [1.165, 1.54) is 24.5 Å². The van der Waals surface area contributed by atoms with Crippen LogP contribution in [0.15, 0.2) is 42.3 Å². The van der Waals surface area contributed by atoms with Gasteiger partial charge in [-0.3, -0.25) is 14.3 Å². The number of hydrogen-bond acceptors (Lipinski definition) is 8. The number of fused-ring (bicyclic) bond motifs is 2. The molecule has 0 unspecified atom stereocenters. The van der Waals surface area contributed by atoms with Crippen LogP contribution in [0.1, 0.15) is 31.5 Å². The van der Waals surface area contributed by atoms with E-state index in [9.17, 15) is 14.0 Å². The van der Waals surface area contributed by atoms with Gasteiger partial charge < -0.3 is 24.6 Å². The average molecular weight is 663 g/mol. The first-order chi connectivity index (χ1) is 22.6. The Kier molecular flexibility index (Phi) is 8.09. The Balaban J connectivity index is 1.36. The van der Waals surface area contributed by atoms with E-state index in [2.05, 4.69) is 23.8 Å². The molecule has 10 nitrogen and oxygen atoms in total. The normalized spacial score (nSPS) is 18.9. The van der Waals surface area contributed by atoms with Crippen LogP contribution >= 0.6 is 11.3 Å². The van der Waals surface area contributed by atoms with Crippen LogP contribution in [0.4, 0.5) is 14.6 Å². The predicted octanol–water partition coefficient (Wildman–Crippen LogP) is 5.50. The van der Waals surface area contributed by atoms with Gasteiger partial charge in [0.25, 0.3) is 0 Å². The van der Waals surface area contributed by atoms with E-state index in [0.717, 1.165) is 43.8 Å². The molecule has 2 aliphatic heterocycles. The number of benzene rings is 1. The number of methoxy groups -OCH3 is 1. The molecule has 1 aromatic carbocycles. The summed E-state index contributed by atoms with van der Waals surface area (Å²) in [6, 6.07) is 5.33. The quantitative estimate of drug-likeness (QED) is 0.187. The fraction of sp³-hybridized carbons (Fsp3) is 0.412. The molecule has 3 aliphatic rings. The van der Waals surface area contributed by atoms with Crippen molar-refractivity contribution < 1.29 is 27.8 Å². The maximum Gasteiger partial charge on any atom is 0.246 e. The molecule has 13 heteroatoms. The Morgan fingerprint density at radius 3 is 2.68 bits per heavy atom. The van der Waals surface area contributed by atoms with Crippen molar-refractivity contribution in [3.05, 3.63) is 59.6 Å². The highest BCUT2D eigenvalue weighted by molar-refractivity contribution is 7.18. The van der Waals surface area contributed by atoms with Crippen LogP contribution in [-0.4, -0.2) is 83.4 Å². The fourth-order valence-corrected chi connectivity index (χ4v) is 8.41. The van der Waals surface area contributed by atoms with E-state index in [4.69, 9.17) is 19.6 Å². The summed E-state index contributed by atoms with van der Waals surface area (Å²) < 4.78 is 44.0. The molecule has 1 saturated heterocycles. The van der Waals surface area contributed by atoms with Crippen molar-refractivity contribution in [2.45, 2.75) is 32.4 Å². The average Bonchev–Trinajstić information content (AvgIpc) is 3.67. The molecular formula is C34H36F2N6O4S. The number of rotatable bonds is 9. The lowest BCUT2D eigenvalue weighted by Crippen LogP contribution is -2.62. The Hall–Kier alpha value is -4.20. The summed E-state index contributed by atoms with van der Waals surface area (Å²) in [7, 11) is 3.60. The molecule has 1 atom stereocenters. The number of nitrogens with zero attached hydrogens (tertiary/aromatic N) is 5. The van der Waals surface area contributed by atoms with Gasteiger partial charge in [0.1, 0.15) is 41.2 Å². The number of anilines is 1. The van der Waals surface area contributed by atoms with Gasteiger partial charge in [0.15, 0.2) is 0 Å². The van der Waals surface area contributed by atoms with E-state index >= 15 is 4.39 Å². The summed E-state index contributed by atoms with van der Waals surface area (Å²) in [6.07, 6.45) is 2.95. The van der Waals surface area contributed by atoms with Gasteiger partial charge in [0.05, 0.1) is 30.5 Å². The molecule has 2 amide bonds. The zero-order valence-electron chi connectivity index (χ0n) is 26.5. The molecule has 1 saturated carbocycles. The third-order valence-corrected chi connectivity index (χ3v) is 10.5. The number of hydrogen-bond donors (Lipinski definition) is 1. The van der Waals surface area contributed by atoms with Gasteiger partial charge in [0.2, 0.25) is 11.8 Å². The molecule has 0 radical (unpaired) electrons. The molecule has 246 valence electrons. The third kappa shape index (κ3) is 5.49. The number of halogens is 2. The Morgan fingerprint density at radius 2 is 1.96 bits per heavy atom. The number of amides is 2. The van der Waals surface area contributed by atoms with Crippen LogP contribution < -0.4 is 10.1 Å². The second-order valence-electron chi connectivity index (χ2n) is 12.8. The van der Waals surface area contributed by atoms with E-state index in [1.54, 1.807) is 4.90 Å². The summed E-state index contributed by atoms with van der Waals surface area (Å²) in [4.78, 5) is 35.1. The zero-order chi connectivity index (χ0) is 33.0. The smallest absolute Gasteiger partial charge is 0.246 e. The van der Waals surface area contributed by atoms with Gasteiger partial charge in [-0.2, -0.15) is 5.10 Å². The first kappa shape index (κ1) is 31.4. The number of aromatic nitrogens is 3. The molecule has 1 aliphatic carbocycles. The van der Waals surface area contributed by atoms with Crippen LogP contribution in [0.25, 0.3) is 32.6 Å². The van der Waals surface area contributed by atoms with Crippen molar-refractivity contribution in [2.75, 3.05) is 52.3 Å². The number of carbonyl (C=O) groups is 2. The summed E-state index contributed by atoms with van der Waals surface area (Å²) >= 11 is 1.36. The van der Waals surface area contributed by atoms with Crippen LogP contribution in [0.2, 0.25) is 0 Å². The largest absolute Gasteiger partial charge is 0.490 e. The van der Waals surface area contributed by atoms with Crippen LogP contribution in [0.5, 0.6) is 5.75 Å². The minimum Gasteiger partial charge on any atom is -0.490 e. The number of carbonyl (C=O) groups excluding carboxylic acids is 2. The number of likely N-dealkylation sites (tertiary alicyclic amines) is 1. The highest BCUT2D eigenvalue weighted by Gasteiger charge is 2.53. The number of thiophene rings is 1. The number of pyridine rings is 1. The highest BCUT2D eigenvalue weighted by Crippen LogP contribution is 2.52. The van der Waals surface area contributed by atoms with Crippen LogP contribution in [-0.2, 0) is 20.9 Å². The molecular weight excluding hydrogens is 626 g/mol. The maximum absolute atomic E-state index is 16.0. The van der Waals surface area contributed by atoms with E-state index in [0.29, 0.717) is 45.9 Å². The van der Waals surface area contributed by atoms with E-state index in [1.807, 2.05) is 29.1 Å². The SMILES string of the molecule is C=CC(=O)N1CCn2nc(-c3nc(NC(=O)C4CC5(C4)CN(C)C5)c4ccsc4c3-c3c(F)cc(F)cc3OCCOC)cc2[C@H]1C. The van der Waals surface area contributed by atoms with Gasteiger partial charge in [-0.25, -0.2) is 13.8 Å². The first-order valence-electron chi connectivity index (χ1n) is 15.6. The predicted molar refractivity (Wildman–Crippen MR) is 175 cm³/mol. The molecule has 1 N–H and O–H groups in total.